The molecule has 184 valence electrons. The number of methoxy groups -OCH3 is 1. The van der Waals surface area contributed by atoms with Gasteiger partial charge in [0.2, 0.25) is 0 Å². The molecule has 0 aliphatic carbocycles. The van der Waals surface area contributed by atoms with Gasteiger partial charge in [0.05, 0.1) is 12.7 Å². The summed E-state index contributed by atoms with van der Waals surface area (Å²) in [6.07, 6.45) is 2.45. The van der Waals surface area contributed by atoms with Crippen molar-refractivity contribution in [2.75, 3.05) is 26.7 Å². The predicted octanol–water partition coefficient (Wildman–Crippen LogP) is 2.20. The number of aromatic nitrogens is 1. The van der Waals surface area contributed by atoms with Crippen LogP contribution in [0, 0.1) is 11.7 Å². The van der Waals surface area contributed by atoms with Crippen LogP contribution >= 0.6 is 22.9 Å². The first-order valence-electron chi connectivity index (χ1n) is 11.1. The maximum atomic E-state index is 13.8. The third kappa shape index (κ3) is 4.68. The molecule has 4 atom stereocenters. The number of halogens is 2. The summed E-state index contributed by atoms with van der Waals surface area (Å²) >= 11 is 7.77. The maximum absolute atomic E-state index is 13.8. The first-order chi connectivity index (χ1) is 16.8. The second kappa shape index (κ2) is 9.65. The Balaban J connectivity index is 1.54. The van der Waals surface area contributed by atoms with Crippen molar-refractivity contribution in [3.8, 4) is 0 Å². The number of aliphatic imine (C=N–C) groups is 1. The van der Waals surface area contributed by atoms with E-state index in [2.05, 4.69) is 20.5 Å². The van der Waals surface area contributed by atoms with Gasteiger partial charge in [-0.15, -0.1) is 11.3 Å². The van der Waals surface area contributed by atoms with E-state index in [4.69, 9.17) is 21.3 Å². The summed E-state index contributed by atoms with van der Waals surface area (Å²) in [5.74, 6) is -1.50. The molecule has 5 rings (SSSR count). The van der Waals surface area contributed by atoms with Crippen molar-refractivity contribution in [1.29, 1.82) is 0 Å². The molecule has 2 saturated heterocycles. The smallest absolute Gasteiger partial charge is 0.338 e. The second-order valence-electron chi connectivity index (χ2n) is 8.76. The largest absolute Gasteiger partial charge is 0.480 e. The number of carboxylic acids is 1. The third-order valence-corrected chi connectivity index (χ3v) is 7.62. The highest BCUT2D eigenvalue weighted by Gasteiger charge is 2.44. The first-order valence-corrected chi connectivity index (χ1v) is 12.3. The number of hydrogen-bond acceptors (Lipinski definition) is 9. The zero-order valence-corrected chi connectivity index (χ0v) is 20.3. The number of amidine groups is 1. The molecule has 0 radical (unpaired) electrons. The first kappa shape index (κ1) is 23.9. The zero-order valence-electron chi connectivity index (χ0n) is 18.7. The van der Waals surface area contributed by atoms with Crippen LogP contribution in [0.1, 0.15) is 23.0 Å². The number of benzene rings is 1. The van der Waals surface area contributed by atoms with Gasteiger partial charge in [-0.3, -0.25) is 14.7 Å². The third-order valence-electron chi connectivity index (χ3n) is 6.52. The number of hydrogen-bond donors (Lipinski definition) is 3. The number of nitrogens with one attached hydrogen (secondary N) is 2. The predicted molar refractivity (Wildman–Crippen MR) is 128 cm³/mol. The van der Waals surface area contributed by atoms with E-state index in [9.17, 15) is 19.1 Å². The zero-order chi connectivity index (χ0) is 24.7. The van der Waals surface area contributed by atoms with Crippen LogP contribution in [0.5, 0.6) is 0 Å². The van der Waals surface area contributed by atoms with Crippen LogP contribution in [0.15, 0.2) is 46.0 Å². The van der Waals surface area contributed by atoms with Gasteiger partial charge in [0.25, 0.3) is 0 Å². The fourth-order valence-corrected chi connectivity index (χ4v) is 5.94. The number of carboxylic acid groups (broad SMARTS) is 1. The molecule has 0 amide bonds. The molecule has 4 heterocycles. The lowest BCUT2D eigenvalue weighted by molar-refractivity contribution is -0.140. The number of aliphatic carboxylic acids is 1. The Morgan fingerprint density at radius 2 is 2.20 bits per heavy atom. The van der Waals surface area contributed by atoms with Gasteiger partial charge in [0, 0.05) is 53.5 Å². The van der Waals surface area contributed by atoms with Crippen molar-refractivity contribution in [3.05, 3.63) is 62.5 Å². The Labute approximate surface area is 209 Å². The summed E-state index contributed by atoms with van der Waals surface area (Å²) < 4.78 is 18.9. The molecule has 2 fully saturated rings. The number of likely N-dealkylation sites (tertiary alicyclic amines) is 1. The lowest BCUT2D eigenvalue weighted by Gasteiger charge is -2.34. The molecule has 2 aromatic rings. The number of fused-ring (bicyclic) bond motifs is 2. The van der Waals surface area contributed by atoms with E-state index in [1.165, 1.54) is 36.6 Å². The van der Waals surface area contributed by atoms with Gasteiger partial charge >= 0.3 is 11.9 Å². The molecule has 35 heavy (non-hydrogen) atoms. The topological polar surface area (TPSA) is 116 Å². The Morgan fingerprint density at radius 1 is 1.37 bits per heavy atom. The number of rotatable bonds is 6. The fraction of sp³-hybridized carbons (Fsp3) is 0.391. The highest BCUT2D eigenvalue weighted by molar-refractivity contribution is 7.11. The molecular formula is C23H23ClFN5O4S. The van der Waals surface area contributed by atoms with Gasteiger partial charge in [-0.05, 0) is 24.5 Å². The van der Waals surface area contributed by atoms with Crippen molar-refractivity contribution >= 4 is 40.7 Å². The molecule has 3 N–H and O–H groups in total. The van der Waals surface area contributed by atoms with Crippen molar-refractivity contribution in [2.24, 2.45) is 10.9 Å². The Kier molecular flexibility index (Phi) is 6.58. The number of nitrogens with zero attached hydrogens (tertiary/aromatic N) is 3. The van der Waals surface area contributed by atoms with Crippen LogP contribution in [-0.4, -0.2) is 71.6 Å². The van der Waals surface area contributed by atoms with Crippen LogP contribution in [0.4, 0.5) is 4.39 Å². The molecule has 9 nitrogen and oxygen atoms in total. The SMILES string of the molecule is COC(=O)C1=C(CN2CC3CC(C2)[C@@H](C(=O)O)N3)NC(c2nccs2)=N[C@H]1c1ccc(F)cc1Cl. The van der Waals surface area contributed by atoms with E-state index < -0.39 is 29.8 Å². The normalized spacial score (nSPS) is 26.3. The van der Waals surface area contributed by atoms with Crippen LogP contribution in [0.3, 0.4) is 0 Å². The number of carbonyl (C=O) groups is 2. The minimum absolute atomic E-state index is 0.0357. The molecule has 1 aromatic carbocycles. The minimum Gasteiger partial charge on any atom is -0.480 e. The molecular weight excluding hydrogens is 497 g/mol. The standard InChI is InChI=1S/C23H23ClFN5O4S/c1-34-23(33)17-16(10-30-8-11-6-13(9-30)27-18(11)22(31)32)28-20(21-26-4-5-35-21)29-19(17)14-3-2-12(25)7-15(14)24/h2-5,7,11,13,18-19,27H,6,8-10H2,1H3,(H,28,29)(H,31,32)/t11?,13?,18-,19-/m0/s1. The summed E-state index contributed by atoms with van der Waals surface area (Å²) in [6, 6.07) is 2.60. The Bertz CT molecular complexity index is 1220. The lowest BCUT2D eigenvalue weighted by Crippen LogP contribution is -2.45. The van der Waals surface area contributed by atoms with Crippen LogP contribution < -0.4 is 10.6 Å². The average molecular weight is 520 g/mol. The highest BCUT2D eigenvalue weighted by atomic mass is 35.5. The fourth-order valence-electron chi connectivity index (χ4n) is 5.08. The van der Waals surface area contributed by atoms with E-state index >= 15 is 0 Å². The van der Waals surface area contributed by atoms with E-state index in [1.807, 2.05) is 5.38 Å². The maximum Gasteiger partial charge on any atom is 0.338 e. The summed E-state index contributed by atoms with van der Waals surface area (Å²) in [5.41, 5.74) is 1.30. The Hall–Kier alpha value is -2.86. The molecule has 0 spiro atoms. The highest BCUT2D eigenvalue weighted by Crippen LogP contribution is 2.37. The van der Waals surface area contributed by atoms with Crippen LogP contribution in [0.25, 0.3) is 0 Å². The average Bonchev–Trinajstić information content (AvgIpc) is 3.46. The van der Waals surface area contributed by atoms with E-state index in [0.717, 1.165) is 6.42 Å². The van der Waals surface area contributed by atoms with Gasteiger partial charge in [-0.1, -0.05) is 17.7 Å². The lowest BCUT2D eigenvalue weighted by atomic mass is 9.93. The van der Waals surface area contributed by atoms with Gasteiger partial charge in [-0.25, -0.2) is 14.2 Å². The number of piperidine rings is 1. The number of esters is 1. The quantitative estimate of drug-likeness (QED) is 0.497. The molecule has 2 bridgehead atoms. The van der Waals surface area contributed by atoms with Gasteiger partial charge in [0.1, 0.15) is 17.9 Å². The molecule has 3 aliphatic heterocycles. The molecule has 1 aromatic heterocycles. The van der Waals surface area contributed by atoms with Gasteiger partial charge in [-0.2, -0.15) is 0 Å². The summed E-state index contributed by atoms with van der Waals surface area (Å²) in [6.45, 7) is 1.53. The summed E-state index contributed by atoms with van der Waals surface area (Å²) in [7, 11) is 1.29. The van der Waals surface area contributed by atoms with E-state index in [0.29, 0.717) is 41.7 Å². The Morgan fingerprint density at radius 3 is 2.89 bits per heavy atom. The molecule has 2 unspecified atom stereocenters. The monoisotopic (exact) mass is 519 g/mol. The van der Waals surface area contributed by atoms with Crippen molar-refractivity contribution in [3.63, 3.8) is 0 Å². The van der Waals surface area contributed by atoms with E-state index in [-0.39, 0.29) is 22.6 Å². The summed E-state index contributed by atoms with van der Waals surface area (Å²) in [5, 5.41) is 18.6. The van der Waals surface area contributed by atoms with Crippen molar-refractivity contribution in [2.45, 2.75) is 24.5 Å². The second-order valence-corrected chi connectivity index (χ2v) is 10.1. The van der Waals surface area contributed by atoms with Gasteiger partial charge < -0.3 is 20.5 Å². The number of thiazole rings is 1. The number of ether oxygens (including phenoxy) is 1. The van der Waals surface area contributed by atoms with Crippen LogP contribution in [0.2, 0.25) is 5.02 Å². The van der Waals surface area contributed by atoms with Gasteiger partial charge in [0.15, 0.2) is 10.8 Å². The van der Waals surface area contributed by atoms with E-state index in [1.54, 1.807) is 6.20 Å². The molecule has 12 heteroatoms. The molecule has 3 aliphatic rings. The van der Waals surface area contributed by atoms with Crippen molar-refractivity contribution in [1.82, 2.24) is 20.5 Å². The van der Waals surface area contributed by atoms with Crippen LogP contribution in [-0.2, 0) is 14.3 Å². The molecule has 0 saturated carbocycles. The number of carbonyl (C=O) groups excluding carboxylic acids is 1. The summed E-state index contributed by atoms with van der Waals surface area (Å²) in [4.78, 5) is 35.9. The van der Waals surface area contributed by atoms with Crippen molar-refractivity contribution < 1.29 is 23.8 Å². The minimum atomic E-state index is -0.853.